The number of carbonyl (C=O) groups is 1. The summed E-state index contributed by atoms with van der Waals surface area (Å²) in [5.41, 5.74) is -0.0358. The van der Waals surface area contributed by atoms with E-state index in [0.717, 1.165) is 24.3 Å². The summed E-state index contributed by atoms with van der Waals surface area (Å²) in [6.07, 6.45) is 0. The first kappa shape index (κ1) is 17.3. The number of aromatic carboxylic acids is 1. The molecule has 6 nitrogen and oxygen atoms in total. The molecule has 132 valence electrons. The second-order valence-corrected chi connectivity index (χ2v) is 7.26. The van der Waals surface area contributed by atoms with Crippen molar-refractivity contribution in [1.82, 2.24) is 4.72 Å². The highest BCUT2D eigenvalue weighted by molar-refractivity contribution is 7.89. The Kier molecular flexibility index (Phi) is 4.21. The van der Waals surface area contributed by atoms with Crippen LogP contribution in [0.25, 0.3) is 0 Å². The lowest BCUT2D eigenvalue weighted by molar-refractivity contribution is 0.0696. The van der Waals surface area contributed by atoms with Gasteiger partial charge >= 0.3 is 5.97 Å². The summed E-state index contributed by atoms with van der Waals surface area (Å²) in [6, 6.07) is 4.63. The largest absolute Gasteiger partial charge is 0.491 e. The molecule has 1 unspecified atom stereocenters. The van der Waals surface area contributed by atoms with Gasteiger partial charge in [0.25, 0.3) is 0 Å². The molecule has 1 aliphatic heterocycles. The number of benzene rings is 2. The first-order chi connectivity index (χ1) is 11.7. The minimum absolute atomic E-state index is 0.0861. The minimum atomic E-state index is -4.37. The maximum atomic E-state index is 14.3. The van der Waals surface area contributed by atoms with Crippen molar-refractivity contribution in [1.29, 1.82) is 0 Å². The van der Waals surface area contributed by atoms with Crippen molar-refractivity contribution in [3.8, 4) is 5.75 Å². The van der Waals surface area contributed by atoms with E-state index in [9.17, 15) is 22.0 Å². The Bertz CT molecular complexity index is 975. The number of rotatable bonds is 4. The van der Waals surface area contributed by atoms with Crippen molar-refractivity contribution in [2.45, 2.75) is 17.9 Å². The topological polar surface area (TPSA) is 92.7 Å². The van der Waals surface area contributed by atoms with E-state index < -0.39 is 38.6 Å². The molecule has 9 heteroatoms. The summed E-state index contributed by atoms with van der Waals surface area (Å²) in [5.74, 6) is -2.73. The fourth-order valence-electron chi connectivity index (χ4n) is 2.59. The molecule has 0 saturated carbocycles. The zero-order chi connectivity index (χ0) is 18.4. The van der Waals surface area contributed by atoms with Crippen molar-refractivity contribution < 1.29 is 31.8 Å². The van der Waals surface area contributed by atoms with E-state index in [-0.39, 0.29) is 23.5 Å². The second kappa shape index (κ2) is 6.08. The fraction of sp³-hybridized carbons (Fsp3) is 0.188. The zero-order valence-corrected chi connectivity index (χ0v) is 13.7. The van der Waals surface area contributed by atoms with Crippen LogP contribution in [0.15, 0.2) is 35.2 Å². The third-order valence-electron chi connectivity index (χ3n) is 3.81. The van der Waals surface area contributed by atoms with Gasteiger partial charge in [-0.3, -0.25) is 0 Å². The molecule has 2 N–H and O–H groups in total. The van der Waals surface area contributed by atoms with Crippen molar-refractivity contribution in [3.63, 3.8) is 0 Å². The number of fused-ring (bicyclic) bond motifs is 1. The Morgan fingerprint density at radius 2 is 2.00 bits per heavy atom. The number of aryl methyl sites for hydroxylation is 1. The molecule has 1 atom stereocenters. The van der Waals surface area contributed by atoms with Gasteiger partial charge in [0, 0.05) is 11.6 Å². The molecule has 2 aromatic carbocycles. The number of carboxylic acids is 1. The average molecular weight is 369 g/mol. The quantitative estimate of drug-likeness (QED) is 0.863. The summed E-state index contributed by atoms with van der Waals surface area (Å²) >= 11 is 0. The van der Waals surface area contributed by atoms with E-state index in [0.29, 0.717) is 5.56 Å². The predicted octanol–water partition coefficient (Wildman–Crippen LogP) is 2.38. The van der Waals surface area contributed by atoms with Crippen LogP contribution < -0.4 is 9.46 Å². The molecule has 2 aromatic rings. The van der Waals surface area contributed by atoms with Crippen molar-refractivity contribution in [2.75, 3.05) is 6.61 Å². The van der Waals surface area contributed by atoms with E-state index in [1.165, 1.54) is 13.0 Å². The first-order valence-corrected chi connectivity index (χ1v) is 8.65. The summed E-state index contributed by atoms with van der Waals surface area (Å²) in [6.45, 7) is 1.19. The average Bonchev–Trinajstić information content (AvgIpc) is 2.90. The van der Waals surface area contributed by atoms with Crippen LogP contribution in [-0.4, -0.2) is 26.1 Å². The van der Waals surface area contributed by atoms with Crippen LogP contribution in [0, 0.1) is 18.6 Å². The first-order valence-electron chi connectivity index (χ1n) is 7.17. The smallest absolute Gasteiger partial charge is 0.335 e. The fourth-order valence-corrected chi connectivity index (χ4v) is 3.96. The summed E-state index contributed by atoms with van der Waals surface area (Å²) in [5, 5.41) is 9.04. The van der Waals surface area contributed by atoms with E-state index in [1.807, 2.05) is 0 Å². The number of halogens is 2. The van der Waals surface area contributed by atoms with Crippen LogP contribution >= 0.6 is 0 Å². The van der Waals surface area contributed by atoms with Crippen molar-refractivity contribution in [2.24, 2.45) is 0 Å². The van der Waals surface area contributed by atoms with Gasteiger partial charge in [-0.15, -0.1) is 0 Å². The van der Waals surface area contributed by atoms with Crippen LogP contribution in [0.2, 0.25) is 0 Å². The number of hydrogen-bond donors (Lipinski definition) is 2. The molecule has 25 heavy (non-hydrogen) atoms. The molecule has 1 heterocycles. The zero-order valence-electron chi connectivity index (χ0n) is 12.9. The van der Waals surface area contributed by atoms with Gasteiger partial charge in [-0.05, 0) is 30.7 Å². The van der Waals surface area contributed by atoms with Crippen LogP contribution in [0.3, 0.4) is 0 Å². The summed E-state index contributed by atoms with van der Waals surface area (Å²) in [7, 11) is -4.37. The molecule has 0 saturated heterocycles. The van der Waals surface area contributed by atoms with Gasteiger partial charge in [0.15, 0.2) is 0 Å². The van der Waals surface area contributed by atoms with Crippen LogP contribution in [-0.2, 0) is 10.0 Å². The molecule has 0 spiro atoms. The number of nitrogens with one attached hydrogen (secondary N) is 1. The number of hydrogen-bond acceptors (Lipinski definition) is 4. The Balaban J connectivity index is 1.98. The molecule has 0 aliphatic carbocycles. The van der Waals surface area contributed by atoms with Gasteiger partial charge in [-0.1, -0.05) is 6.07 Å². The standard InChI is InChI=1S/C16H13F2NO5S/c1-8-4-9(16(20)21)5-14(15(8)18)25(22,23)19-12-7-24-13-6-10(17)2-3-11(12)13/h2-6,12,19H,7H2,1H3,(H,20,21). The van der Waals surface area contributed by atoms with Crippen molar-refractivity contribution in [3.05, 3.63) is 58.7 Å². The minimum Gasteiger partial charge on any atom is -0.491 e. The predicted molar refractivity (Wildman–Crippen MR) is 83.1 cm³/mol. The highest BCUT2D eigenvalue weighted by Crippen LogP contribution is 2.34. The number of carboxylic acid groups (broad SMARTS) is 1. The Morgan fingerprint density at radius 1 is 1.28 bits per heavy atom. The van der Waals surface area contributed by atoms with Gasteiger partial charge in [-0.25, -0.2) is 22.0 Å². The van der Waals surface area contributed by atoms with Gasteiger partial charge in [0.05, 0.1) is 11.6 Å². The van der Waals surface area contributed by atoms with Crippen LogP contribution in [0.5, 0.6) is 5.75 Å². The Hall–Kier alpha value is -2.52. The summed E-state index contributed by atoms with van der Waals surface area (Å²) < 4.78 is 60.0. The molecular formula is C16H13F2NO5S. The molecule has 0 aromatic heterocycles. The maximum absolute atomic E-state index is 14.3. The Labute approximate surface area is 142 Å². The van der Waals surface area contributed by atoms with Crippen LogP contribution in [0.4, 0.5) is 8.78 Å². The summed E-state index contributed by atoms with van der Waals surface area (Å²) in [4.78, 5) is 10.3. The number of sulfonamides is 1. The van der Waals surface area contributed by atoms with Gasteiger partial charge in [0.1, 0.15) is 28.9 Å². The molecule has 0 bridgehead atoms. The Morgan fingerprint density at radius 3 is 2.68 bits per heavy atom. The van der Waals surface area contributed by atoms with E-state index in [2.05, 4.69) is 4.72 Å². The van der Waals surface area contributed by atoms with Gasteiger partial charge < -0.3 is 9.84 Å². The third kappa shape index (κ3) is 3.20. The van der Waals surface area contributed by atoms with Crippen LogP contribution in [0.1, 0.15) is 27.5 Å². The molecule has 0 fully saturated rings. The monoisotopic (exact) mass is 369 g/mol. The van der Waals surface area contributed by atoms with Gasteiger partial charge in [0.2, 0.25) is 10.0 Å². The lowest BCUT2D eigenvalue weighted by Gasteiger charge is -2.14. The van der Waals surface area contributed by atoms with E-state index >= 15 is 0 Å². The van der Waals surface area contributed by atoms with Gasteiger partial charge in [-0.2, -0.15) is 4.72 Å². The number of ether oxygens (including phenoxy) is 1. The van der Waals surface area contributed by atoms with E-state index in [4.69, 9.17) is 9.84 Å². The van der Waals surface area contributed by atoms with E-state index in [1.54, 1.807) is 0 Å². The highest BCUT2D eigenvalue weighted by Gasteiger charge is 2.31. The molecule has 3 rings (SSSR count). The molecule has 0 radical (unpaired) electrons. The highest BCUT2D eigenvalue weighted by atomic mass is 32.2. The lowest BCUT2D eigenvalue weighted by Crippen LogP contribution is -2.30. The molecular weight excluding hydrogens is 356 g/mol. The molecule has 1 aliphatic rings. The lowest BCUT2D eigenvalue weighted by atomic mass is 10.1. The maximum Gasteiger partial charge on any atom is 0.335 e. The normalized spacial score (nSPS) is 16.4. The third-order valence-corrected chi connectivity index (χ3v) is 5.28. The van der Waals surface area contributed by atoms with Crippen molar-refractivity contribution >= 4 is 16.0 Å². The SMILES string of the molecule is Cc1cc(C(=O)O)cc(S(=O)(=O)NC2COc3cc(F)ccc32)c1F. The molecule has 0 amide bonds. The second-order valence-electron chi connectivity index (χ2n) is 5.58.